The van der Waals surface area contributed by atoms with Gasteiger partial charge in [-0.1, -0.05) is 0 Å². The van der Waals surface area contributed by atoms with Crippen LogP contribution in [-0.2, 0) is 24.6 Å². The monoisotopic (exact) mass is 520 g/mol. The van der Waals surface area contributed by atoms with Crippen molar-refractivity contribution in [2.45, 2.75) is 23.7 Å². The van der Waals surface area contributed by atoms with Crippen LogP contribution >= 0.6 is 23.2 Å². The number of alkyl halides is 8. The van der Waals surface area contributed by atoms with E-state index >= 15 is 0 Å². The van der Waals surface area contributed by atoms with Crippen LogP contribution < -0.4 is 0 Å². The van der Waals surface area contributed by atoms with Crippen LogP contribution in [0.15, 0.2) is 16.2 Å². The quantitative estimate of drug-likeness (QED) is 0.371. The van der Waals surface area contributed by atoms with Crippen LogP contribution in [0.5, 0.6) is 0 Å². The van der Waals surface area contributed by atoms with E-state index in [-0.39, 0.29) is 0 Å². The fraction of sp³-hybridized carbons (Fsp3) is 0.500. The molecule has 0 saturated carbocycles. The summed E-state index contributed by atoms with van der Waals surface area (Å²) in [6, 6.07) is 0. The third kappa shape index (κ3) is 1.68. The molecule has 11 heteroatoms. The predicted octanol–water partition coefficient (Wildman–Crippen LogP) is 4.54. The average molecular weight is 520 g/mol. The summed E-state index contributed by atoms with van der Waals surface area (Å²) in [6.07, 6.45) is 0. The topological polar surface area (TPSA) is 0 Å². The Morgan fingerprint density at radius 1 is 0.579 bits per heavy atom. The van der Waals surface area contributed by atoms with Crippen molar-refractivity contribution in [3.8, 4) is 0 Å². The molecule has 2 aliphatic carbocycles. The molecule has 0 radical (unpaired) electrons. The summed E-state index contributed by atoms with van der Waals surface area (Å²) in [5.74, 6) is -18.6. The summed E-state index contributed by atoms with van der Waals surface area (Å²) in [6.45, 7) is 0. The van der Waals surface area contributed by atoms with Gasteiger partial charge in [0.15, 0.2) is 0 Å². The van der Waals surface area contributed by atoms with Gasteiger partial charge in [-0.3, -0.25) is 0 Å². The molecule has 0 N–H and O–H groups in total. The number of rotatable bonds is 2. The van der Waals surface area contributed by atoms with Crippen molar-refractivity contribution in [1.82, 2.24) is 0 Å². The van der Waals surface area contributed by atoms with Gasteiger partial charge in [0, 0.05) is 0 Å². The SMILES string of the molecule is FC1(F)C(Cl)=[C]([Hg][C]2=C(Cl)C(F)(F)C2(F)F)C1(F)F. The van der Waals surface area contributed by atoms with Crippen molar-refractivity contribution >= 4 is 23.2 Å². The van der Waals surface area contributed by atoms with Gasteiger partial charge in [0.1, 0.15) is 0 Å². The number of allylic oxidation sites excluding steroid dienone is 4. The van der Waals surface area contributed by atoms with E-state index in [0.717, 1.165) is 0 Å². The first-order valence-electron chi connectivity index (χ1n) is 4.60. The number of hydrogen-bond acceptors (Lipinski definition) is 0. The normalized spacial score (nSPS) is 29.6. The van der Waals surface area contributed by atoms with Crippen LogP contribution in [0.25, 0.3) is 0 Å². The summed E-state index contributed by atoms with van der Waals surface area (Å²) < 4.78 is 100. The predicted molar refractivity (Wildman–Crippen MR) is 45.5 cm³/mol. The zero-order chi connectivity index (χ0) is 15.0. The molecule has 0 aromatic rings. The number of halogens is 10. The molecule has 0 spiro atoms. The molecule has 0 atom stereocenters. The van der Waals surface area contributed by atoms with Gasteiger partial charge in [0.2, 0.25) is 0 Å². The second kappa shape index (κ2) is 4.00. The fourth-order valence-corrected chi connectivity index (χ4v) is 11.1. The minimum absolute atomic E-state index is 1.30. The molecule has 19 heavy (non-hydrogen) atoms. The first-order chi connectivity index (χ1) is 8.29. The van der Waals surface area contributed by atoms with E-state index in [0.29, 0.717) is 0 Å². The van der Waals surface area contributed by atoms with Crippen molar-refractivity contribution in [3.05, 3.63) is 16.2 Å². The summed E-state index contributed by atoms with van der Waals surface area (Å²) in [4.78, 5) is 0. The van der Waals surface area contributed by atoms with E-state index in [4.69, 9.17) is 23.2 Å². The van der Waals surface area contributed by atoms with Crippen molar-refractivity contribution in [2.24, 2.45) is 0 Å². The van der Waals surface area contributed by atoms with Crippen molar-refractivity contribution in [1.29, 1.82) is 0 Å². The van der Waals surface area contributed by atoms with Crippen molar-refractivity contribution in [3.63, 3.8) is 0 Å². The molecular formula is C8Cl2F8Hg. The van der Waals surface area contributed by atoms with E-state index < -0.39 is 64.5 Å². The first kappa shape index (κ1) is 15.8. The van der Waals surface area contributed by atoms with Crippen LogP contribution in [0, 0.1) is 0 Å². The first-order valence-corrected chi connectivity index (χ1v) is 10.9. The van der Waals surface area contributed by atoms with Crippen molar-refractivity contribution < 1.29 is 59.7 Å². The molecular weight excluding hydrogens is 520 g/mol. The Hall–Kier alpha value is 0.435. The fourth-order valence-electron chi connectivity index (χ4n) is 1.74. The Morgan fingerprint density at radius 3 is 1.05 bits per heavy atom. The van der Waals surface area contributed by atoms with Gasteiger partial charge in [-0.15, -0.1) is 0 Å². The van der Waals surface area contributed by atoms with E-state index in [9.17, 15) is 35.1 Å². The van der Waals surface area contributed by atoms with E-state index in [2.05, 4.69) is 0 Å². The Morgan fingerprint density at radius 2 is 0.842 bits per heavy atom. The molecule has 2 rings (SSSR count). The van der Waals surface area contributed by atoms with Crippen LogP contribution in [0.2, 0.25) is 0 Å². The number of hydrogen-bond donors (Lipinski definition) is 0. The standard InChI is InChI=1S/2C4ClF4.Hg/c2*5-2-1-3(6,7)4(2,8)9;. The van der Waals surface area contributed by atoms with E-state index in [1.807, 2.05) is 0 Å². The molecule has 0 aliphatic heterocycles. The third-order valence-corrected chi connectivity index (χ3v) is 14.6. The molecule has 0 bridgehead atoms. The third-order valence-electron chi connectivity index (χ3n) is 2.98. The van der Waals surface area contributed by atoms with Gasteiger partial charge in [-0.2, -0.15) is 0 Å². The Balaban J connectivity index is 2.37. The van der Waals surface area contributed by atoms with Gasteiger partial charge in [-0.05, 0) is 0 Å². The Labute approximate surface area is 122 Å². The molecule has 0 saturated heterocycles. The van der Waals surface area contributed by atoms with Gasteiger partial charge < -0.3 is 0 Å². The van der Waals surface area contributed by atoms with Gasteiger partial charge in [-0.25, -0.2) is 0 Å². The summed E-state index contributed by atoms with van der Waals surface area (Å²) in [5, 5.41) is -3.05. The molecule has 104 valence electrons. The minimum atomic E-state index is -4.66. The van der Waals surface area contributed by atoms with Crippen LogP contribution in [0.4, 0.5) is 35.1 Å². The van der Waals surface area contributed by atoms with E-state index in [1.54, 1.807) is 0 Å². The average Bonchev–Trinajstić information content (AvgIpc) is 2.27. The molecule has 2 aliphatic rings. The zero-order valence-electron chi connectivity index (χ0n) is 8.49. The molecule has 0 heterocycles. The second-order valence-electron chi connectivity index (χ2n) is 4.06. The summed E-state index contributed by atoms with van der Waals surface area (Å²) in [7, 11) is 0. The van der Waals surface area contributed by atoms with Crippen molar-refractivity contribution in [2.75, 3.05) is 0 Å². The maximum atomic E-state index is 13.0. The second-order valence-corrected chi connectivity index (χ2v) is 11.7. The Kier molecular flexibility index (Phi) is 3.33. The molecule has 0 fully saturated rings. The summed E-state index contributed by atoms with van der Waals surface area (Å²) >= 11 is 6.03. The zero-order valence-corrected chi connectivity index (χ0v) is 15.5. The van der Waals surface area contributed by atoms with Crippen LogP contribution in [0.3, 0.4) is 0 Å². The van der Waals surface area contributed by atoms with Gasteiger partial charge in [0.05, 0.1) is 0 Å². The van der Waals surface area contributed by atoms with Gasteiger partial charge in [0.25, 0.3) is 0 Å². The molecule has 0 unspecified atom stereocenters. The maximum absolute atomic E-state index is 13.0. The molecule has 0 nitrogen and oxygen atoms in total. The molecule has 0 aromatic carbocycles. The molecule has 0 aromatic heterocycles. The van der Waals surface area contributed by atoms with Crippen LogP contribution in [0.1, 0.15) is 0 Å². The van der Waals surface area contributed by atoms with Crippen LogP contribution in [-0.4, -0.2) is 23.7 Å². The molecule has 0 amide bonds. The summed E-state index contributed by atoms with van der Waals surface area (Å²) in [5.41, 5.74) is 0. The van der Waals surface area contributed by atoms with Gasteiger partial charge >= 0.3 is 123 Å². The van der Waals surface area contributed by atoms with E-state index in [1.165, 1.54) is 0 Å². The Bertz CT molecular complexity index is 475.